The summed E-state index contributed by atoms with van der Waals surface area (Å²) in [5.41, 5.74) is 5.41. The number of nitrogens with zero attached hydrogens (tertiary/aromatic N) is 6. The third-order valence-electron chi connectivity index (χ3n) is 10.4. The van der Waals surface area contributed by atoms with Crippen LogP contribution in [0.25, 0.3) is 11.0 Å². The van der Waals surface area contributed by atoms with Gasteiger partial charge in [0.1, 0.15) is 49.3 Å². The SMILES string of the molecule is C[C@@H]1COCC(=O)N1.C[C@@H]1COCC(=O)N1c1cc(Br)cc(F)c1N.C[C@@H]1COCC(=O)N1c1cc(Br)cc(F)c1[N+](=O)[O-].C[C@@H]1COCc2nc3c(F)cc(Br)cc3n21.O=[N+]([O-])c1c(F)cc(Br)cc1F.[H-].[Na+]. The number of amides is 3. The Labute approximate surface area is 470 Å². The van der Waals surface area contributed by atoms with E-state index in [0.717, 1.165) is 34.0 Å². The van der Waals surface area contributed by atoms with E-state index in [1.54, 1.807) is 13.0 Å². The monoisotopic (exact) mass is 1290 g/mol. The molecule has 0 saturated carbocycles. The average Bonchev–Trinajstić information content (AvgIpc) is 3.65. The van der Waals surface area contributed by atoms with Crippen LogP contribution in [0.15, 0.2) is 66.4 Å². The fraction of sp³-hybridized carbons (Fsp3) is 0.364. The number of nitrogens with two attached hydrogens (primary N) is 1. The Hall–Kier alpha value is -4.23. The number of carbonyl (C=O) groups is 3. The van der Waals surface area contributed by atoms with E-state index >= 15 is 0 Å². The Morgan fingerprint density at radius 2 is 1.04 bits per heavy atom. The number of nitro benzene ring substituents is 2. The molecule has 4 atom stereocenters. The van der Waals surface area contributed by atoms with Gasteiger partial charge in [-0.25, -0.2) is 13.8 Å². The van der Waals surface area contributed by atoms with Crippen LogP contribution in [0, 0.1) is 49.3 Å². The number of hydrogen-bond acceptors (Lipinski definition) is 13. The van der Waals surface area contributed by atoms with E-state index < -0.39 is 56.4 Å². The van der Waals surface area contributed by atoms with Crippen molar-refractivity contribution in [1.82, 2.24) is 14.9 Å². The second kappa shape index (κ2) is 27.5. The molecule has 0 spiro atoms. The maximum absolute atomic E-state index is 13.7. The number of imidazole rings is 1. The number of carbonyl (C=O) groups excluding carboxylic acids is 3. The largest absolute Gasteiger partial charge is 1.00 e. The molecule has 4 aliphatic rings. The first-order valence-corrected chi connectivity index (χ1v) is 24.3. The molecule has 73 heavy (non-hydrogen) atoms. The van der Waals surface area contributed by atoms with Crippen LogP contribution in [0.4, 0.5) is 50.4 Å². The number of nitrogen functional groups attached to an aromatic ring is 1. The zero-order chi connectivity index (χ0) is 53.3. The van der Waals surface area contributed by atoms with Crippen molar-refractivity contribution in [2.75, 3.05) is 61.8 Å². The van der Waals surface area contributed by atoms with Crippen LogP contribution in [0.3, 0.4) is 0 Å². The zero-order valence-electron chi connectivity index (χ0n) is 40.2. The molecule has 390 valence electrons. The summed E-state index contributed by atoms with van der Waals surface area (Å²) in [5, 5.41) is 23.8. The Balaban J connectivity index is 0.000000248. The molecule has 4 aromatic carbocycles. The van der Waals surface area contributed by atoms with Crippen LogP contribution in [0.2, 0.25) is 0 Å². The molecule has 5 aromatic rings. The van der Waals surface area contributed by atoms with Crippen LogP contribution in [0.1, 0.15) is 41.0 Å². The minimum Gasteiger partial charge on any atom is -1.00 e. The molecule has 4 aliphatic heterocycles. The number of nitrogens with one attached hydrogen (secondary N) is 1. The van der Waals surface area contributed by atoms with Gasteiger partial charge in [-0.15, -0.1) is 0 Å². The maximum atomic E-state index is 13.7. The van der Waals surface area contributed by atoms with E-state index in [9.17, 15) is 56.6 Å². The molecule has 0 unspecified atom stereocenters. The number of fused-ring (bicyclic) bond motifs is 3. The minimum atomic E-state index is -1.19. The van der Waals surface area contributed by atoms with Gasteiger partial charge in [-0.05, 0) is 76.2 Å². The summed E-state index contributed by atoms with van der Waals surface area (Å²) < 4.78 is 90.5. The van der Waals surface area contributed by atoms with Gasteiger partial charge in [-0.2, -0.15) is 13.2 Å². The molecular weight excluding hydrogens is 1250 g/mol. The number of nitro groups is 2. The van der Waals surface area contributed by atoms with Crippen LogP contribution in [0.5, 0.6) is 0 Å². The summed E-state index contributed by atoms with van der Waals surface area (Å²) in [5.74, 6) is -4.05. The van der Waals surface area contributed by atoms with E-state index in [0.29, 0.717) is 46.6 Å². The predicted octanol–water partition coefficient (Wildman–Crippen LogP) is 6.47. The topological polar surface area (TPSA) is 237 Å². The molecular formula is C44H44Br4F5N8NaO11. The predicted molar refractivity (Wildman–Crippen MR) is 267 cm³/mol. The number of anilines is 3. The van der Waals surface area contributed by atoms with Crippen LogP contribution >= 0.6 is 63.7 Å². The Bertz CT molecular complexity index is 2860. The molecule has 0 bridgehead atoms. The van der Waals surface area contributed by atoms with E-state index in [4.69, 9.17) is 24.7 Å². The van der Waals surface area contributed by atoms with Crippen LogP contribution < -0.4 is 50.4 Å². The maximum Gasteiger partial charge on any atom is 1.00 e. The first-order chi connectivity index (χ1) is 33.9. The smallest absolute Gasteiger partial charge is 1.00 e. The van der Waals surface area contributed by atoms with Gasteiger partial charge < -0.3 is 40.9 Å². The van der Waals surface area contributed by atoms with Gasteiger partial charge in [0.25, 0.3) is 11.8 Å². The van der Waals surface area contributed by atoms with Gasteiger partial charge in [0.2, 0.25) is 23.4 Å². The van der Waals surface area contributed by atoms with Crippen molar-refractivity contribution in [2.24, 2.45) is 0 Å². The minimum absolute atomic E-state index is 0. The molecule has 1 aromatic heterocycles. The van der Waals surface area contributed by atoms with E-state index in [1.165, 1.54) is 28.0 Å². The quantitative estimate of drug-likeness (QED) is 0.0646. The Morgan fingerprint density at radius 3 is 1.53 bits per heavy atom. The summed E-state index contributed by atoms with van der Waals surface area (Å²) in [7, 11) is 0. The van der Waals surface area contributed by atoms with Gasteiger partial charge >= 0.3 is 40.9 Å². The van der Waals surface area contributed by atoms with E-state index in [2.05, 4.69) is 74.0 Å². The van der Waals surface area contributed by atoms with E-state index in [-0.39, 0.29) is 109 Å². The van der Waals surface area contributed by atoms with Crippen molar-refractivity contribution < 1.29 is 96.1 Å². The molecule has 0 radical (unpaired) electrons. The van der Waals surface area contributed by atoms with Gasteiger partial charge in [-0.1, -0.05) is 63.7 Å². The van der Waals surface area contributed by atoms with Crippen molar-refractivity contribution in [1.29, 1.82) is 0 Å². The van der Waals surface area contributed by atoms with Crippen molar-refractivity contribution in [3.8, 4) is 0 Å². The van der Waals surface area contributed by atoms with Gasteiger partial charge in [0.15, 0.2) is 5.82 Å². The van der Waals surface area contributed by atoms with Gasteiger partial charge in [0.05, 0.1) is 71.3 Å². The second-order valence-corrected chi connectivity index (χ2v) is 19.7. The van der Waals surface area contributed by atoms with Crippen molar-refractivity contribution in [2.45, 2.75) is 58.5 Å². The Morgan fingerprint density at radius 1 is 0.616 bits per heavy atom. The number of morpholine rings is 3. The fourth-order valence-electron chi connectivity index (χ4n) is 7.40. The number of ether oxygens (including phenoxy) is 4. The normalized spacial score (nSPS) is 19.2. The molecule has 3 fully saturated rings. The summed E-state index contributed by atoms with van der Waals surface area (Å²) in [6, 6.07) is 10.1. The first kappa shape index (κ1) is 61.3. The van der Waals surface area contributed by atoms with Crippen molar-refractivity contribution >= 4 is 121 Å². The molecule has 3 amide bonds. The number of rotatable bonds is 4. The zero-order valence-corrected chi connectivity index (χ0v) is 47.6. The third kappa shape index (κ3) is 15.9. The fourth-order valence-corrected chi connectivity index (χ4v) is 9.05. The number of hydrogen-bond donors (Lipinski definition) is 2. The average molecular weight is 1300 g/mol. The molecule has 3 saturated heterocycles. The van der Waals surface area contributed by atoms with Gasteiger partial charge in [-0.3, -0.25) is 39.5 Å². The molecule has 19 nitrogen and oxygen atoms in total. The summed E-state index contributed by atoms with van der Waals surface area (Å²) in [4.78, 5) is 60.2. The summed E-state index contributed by atoms with van der Waals surface area (Å²) in [6.45, 7) is 9.93. The summed E-state index contributed by atoms with van der Waals surface area (Å²) in [6.07, 6.45) is 0. The number of halogens is 9. The number of benzene rings is 4. The molecule has 5 heterocycles. The third-order valence-corrected chi connectivity index (χ3v) is 12.2. The molecule has 29 heteroatoms. The van der Waals surface area contributed by atoms with Crippen molar-refractivity contribution in [3.63, 3.8) is 0 Å². The summed E-state index contributed by atoms with van der Waals surface area (Å²) >= 11 is 12.4. The van der Waals surface area contributed by atoms with Gasteiger partial charge in [0, 0.05) is 23.9 Å². The molecule has 3 N–H and O–H groups in total. The Kier molecular flexibility index (Phi) is 23.1. The molecule has 9 rings (SSSR count). The van der Waals surface area contributed by atoms with E-state index in [1.807, 2.05) is 31.4 Å². The number of aromatic nitrogens is 2. The molecule has 0 aliphatic carbocycles. The van der Waals surface area contributed by atoms with Crippen LogP contribution in [-0.4, -0.2) is 101 Å². The standard InChI is InChI=1S/C11H10BrFN2O4.C11H12BrFN2O2.C11H10BrFN2O.C6H2BrF2NO2.C5H9NO2.Na.H/c1-6-4-19-5-10(16)14(6)9-3-7(12)2-8(13)11(9)15(17)18;1-6-4-17-5-10(16)15(6)9-3-7(12)2-8(13)11(9)14;1-6-4-16-5-10-14-11-8(13)2-7(12)3-9(11)15(6)10;7-3-1-4(8)6(10(11)12)5(9)2-3;1-4-2-8-3-5(7)6-4;;/h2-3,6H,4-5H2,1H3;2-3,6H,4-5,14H2,1H3;2-3,6H,4-5H2,1H3;1-2H;4H,2-3H2,1H3,(H,6,7);;/q;;;;;+1;-1/t3*6-;;4-;;/m111.1../s1. The second-order valence-electron chi connectivity index (χ2n) is 16.1. The first-order valence-electron chi connectivity index (χ1n) is 21.2. The van der Waals surface area contributed by atoms with Crippen molar-refractivity contribution in [3.05, 3.63) is 122 Å². The van der Waals surface area contributed by atoms with Crippen LogP contribution in [-0.2, 0) is 39.9 Å².